The van der Waals surface area contributed by atoms with Crippen LogP contribution in [-0.4, -0.2) is 107 Å². The summed E-state index contributed by atoms with van der Waals surface area (Å²) in [7, 11) is 1.58. The van der Waals surface area contributed by atoms with E-state index in [0.29, 0.717) is 30.9 Å². The van der Waals surface area contributed by atoms with Gasteiger partial charge in [-0.3, -0.25) is 38.5 Å². The van der Waals surface area contributed by atoms with Crippen LogP contribution in [0.25, 0.3) is 0 Å². The van der Waals surface area contributed by atoms with Crippen LogP contribution in [0.4, 0.5) is 0 Å². The summed E-state index contributed by atoms with van der Waals surface area (Å²) in [4.78, 5) is 97.2. The fourth-order valence-electron chi connectivity index (χ4n) is 4.18. The lowest BCUT2D eigenvalue weighted by molar-refractivity contribution is -0.138. The molecule has 0 radical (unpaired) electrons. The molecule has 6 N–H and O–H groups in total. The first-order valence-electron chi connectivity index (χ1n) is 15.2. The zero-order valence-corrected chi connectivity index (χ0v) is 28.2. The maximum Gasteiger partial charge on any atom is 0.242 e. The van der Waals surface area contributed by atoms with Crippen LogP contribution >= 0.6 is 23.5 Å². The predicted molar refractivity (Wildman–Crippen MR) is 176 cm³/mol. The molecule has 1 heterocycles. The van der Waals surface area contributed by atoms with Crippen molar-refractivity contribution >= 4 is 78.4 Å². The number of rotatable bonds is 23. The fraction of sp³-hybridized carbons (Fsp3) is 0.714. The Kier molecular flexibility index (Phi) is 19.2. The number of nitrogens with one attached hydrogen (secondary N) is 4. The monoisotopic (exact) mass is 670 g/mol. The van der Waals surface area contributed by atoms with Crippen molar-refractivity contribution in [3.8, 4) is 0 Å². The van der Waals surface area contributed by atoms with Crippen LogP contribution in [0.3, 0.4) is 0 Å². The van der Waals surface area contributed by atoms with E-state index < -0.39 is 41.1 Å². The third kappa shape index (κ3) is 16.7. The molecule has 4 unspecified atom stereocenters. The third-order valence-corrected chi connectivity index (χ3v) is 9.04. The molecule has 0 aromatic rings. The topological polar surface area (TPSA) is 214 Å². The molecule has 14 nitrogen and oxygen atoms in total. The van der Waals surface area contributed by atoms with Gasteiger partial charge in [-0.05, 0) is 64.4 Å². The molecule has 7 amide bonds. The Hall–Kier alpha value is -3.08. The number of hydrogen-bond acceptors (Lipinski definition) is 10. The minimum absolute atomic E-state index is 0.0720. The van der Waals surface area contributed by atoms with E-state index in [2.05, 4.69) is 21.3 Å². The molecule has 0 aromatic carbocycles. The van der Waals surface area contributed by atoms with Crippen molar-refractivity contribution < 1.29 is 38.4 Å². The van der Waals surface area contributed by atoms with E-state index in [9.17, 15) is 38.4 Å². The number of hydrogen-bond donors (Lipinski definition) is 5. The van der Waals surface area contributed by atoms with E-state index in [1.165, 1.54) is 25.6 Å². The summed E-state index contributed by atoms with van der Waals surface area (Å²) < 4.78 is 0. The van der Waals surface area contributed by atoms with Gasteiger partial charge in [0.2, 0.25) is 41.4 Å². The average molecular weight is 671 g/mol. The van der Waals surface area contributed by atoms with Gasteiger partial charge in [0.25, 0.3) is 0 Å². The highest BCUT2D eigenvalue weighted by Crippen LogP contribution is 2.26. The van der Waals surface area contributed by atoms with Gasteiger partial charge >= 0.3 is 0 Å². The Morgan fingerprint density at radius 1 is 0.822 bits per heavy atom. The molecule has 1 aliphatic rings. The number of carbonyl (C=O) groups is 8. The smallest absolute Gasteiger partial charge is 0.242 e. The zero-order chi connectivity index (χ0) is 33.9. The predicted octanol–water partition coefficient (Wildman–Crippen LogP) is -1.07. The highest BCUT2D eigenvalue weighted by Gasteiger charge is 2.38. The van der Waals surface area contributed by atoms with Gasteiger partial charge in [-0.2, -0.15) is 0 Å². The lowest BCUT2D eigenvalue weighted by Crippen LogP contribution is -2.54. The molecule has 1 fully saturated rings. The molecule has 1 rings (SSSR count). The molecule has 0 bridgehead atoms. The van der Waals surface area contributed by atoms with E-state index in [0.717, 1.165) is 29.9 Å². The standard InChI is InChI=1S/C28H47BN6O8S2/c1-17(25(40)31-16-44-13-6-4-5-9-21(29)36)33-27(42)19(3)34-26(41)18(2)32-23(38)11-8-14-45-20-15-24(39)35(28(20)43)12-7-10-22(30)37/h17-20H,4-16,29H2,1-3H3,(H2,30,37)(H,31,40)(H,32,38)(H,33,42)(H,34,41). The molecular weight excluding hydrogens is 623 g/mol. The maximum absolute atomic E-state index is 12.5. The number of imide groups is 1. The normalized spacial score (nSPS) is 16.4. The Morgan fingerprint density at radius 2 is 1.44 bits per heavy atom. The molecule has 252 valence electrons. The molecule has 1 saturated heterocycles. The van der Waals surface area contributed by atoms with Crippen LogP contribution in [0.2, 0.25) is 0 Å². The molecule has 1 aliphatic heterocycles. The van der Waals surface area contributed by atoms with E-state index in [4.69, 9.17) is 5.73 Å². The molecule has 0 spiro atoms. The summed E-state index contributed by atoms with van der Waals surface area (Å²) in [5, 5.41) is 9.87. The lowest BCUT2D eigenvalue weighted by Gasteiger charge is -2.20. The highest BCUT2D eigenvalue weighted by molar-refractivity contribution is 8.00. The van der Waals surface area contributed by atoms with Gasteiger partial charge in [-0.25, -0.2) is 0 Å². The zero-order valence-electron chi connectivity index (χ0n) is 26.6. The molecule has 45 heavy (non-hydrogen) atoms. The largest absolute Gasteiger partial charge is 0.370 e. The van der Waals surface area contributed by atoms with Crippen LogP contribution in [0, 0.1) is 0 Å². The summed E-state index contributed by atoms with van der Waals surface area (Å²) in [5.74, 6) is -1.24. The number of primary amides is 1. The summed E-state index contributed by atoms with van der Waals surface area (Å²) in [6, 6.07) is -2.68. The van der Waals surface area contributed by atoms with E-state index in [1.54, 1.807) is 26.5 Å². The summed E-state index contributed by atoms with van der Waals surface area (Å²) in [6.45, 7) is 4.65. The minimum atomic E-state index is -0.949. The second kappa shape index (κ2) is 21.6. The summed E-state index contributed by atoms with van der Waals surface area (Å²) in [5.41, 5.74) is 5.28. The van der Waals surface area contributed by atoms with Crippen molar-refractivity contribution in [1.82, 2.24) is 26.2 Å². The average Bonchev–Trinajstić information content (AvgIpc) is 3.23. The van der Waals surface area contributed by atoms with Crippen LogP contribution in [0.1, 0.15) is 78.6 Å². The van der Waals surface area contributed by atoms with Crippen molar-refractivity contribution in [2.75, 3.05) is 23.9 Å². The Labute approximate surface area is 274 Å². The minimum Gasteiger partial charge on any atom is -0.370 e. The first kappa shape index (κ1) is 39.9. The van der Waals surface area contributed by atoms with Crippen molar-refractivity contribution in [2.45, 2.75) is 102 Å². The number of nitrogens with two attached hydrogens (primary N) is 1. The van der Waals surface area contributed by atoms with Gasteiger partial charge < -0.3 is 31.8 Å². The molecule has 0 saturated carbocycles. The molecule has 4 atom stereocenters. The number of nitrogens with zero attached hydrogens (tertiary/aromatic N) is 1. The van der Waals surface area contributed by atoms with Crippen LogP contribution < -0.4 is 27.0 Å². The summed E-state index contributed by atoms with van der Waals surface area (Å²) in [6.07, 6.45) is 4.36. The molecule has 0 aromatic heterocycles. The Bertz CT molecular complexity index is 1080. The van der Waals surface area contributed by atoms with E-state index in [-0.39, 0.29) is 55.1 Å². The first-order chi connectivity index (χ1) is 21.2. The number of likely N-dealkylation sites (tertiary alicyclic amines) is 1. The SMILES string of the molecule is BC(=O)CCCCCSCNC(=O)C(C)NC(=O)C(C)NC(=O)C(C)NC(=O)CCCSC1CC(=O)N(CCCC(N)=O)C1=O. The number of thioether (sulfide) groups is 2. The first-order valence-corrected chi connectivity index (χ1v) is 17.4. The van der Waals surface area contributed by atoms with Crippen molar-refractivity contribution in [1.29, 1.82) is 0 Å². The Morgan fingerprint density at radius 3 is 2.07 bits per heavy atom. The van der Waals surface area contributed by atoms with Gasteiger partial charge in [0, 0.05) is 25.8 Å². The van der Waals surface area contributed by atoms with Gasteiger partial charge in [0.1, 0.15) is 18.1 Å². The van der Waals surface area contributed by atoms with E-state index >= 15 is 0 Å². The second-order valence-electron chi connectivity index (χ2n) is 11.0. The second-order valence-corrected chi connectivity index (χ2v) is 13.4. The van der Waals surface area contributed by atoms with Crippen LogP contribution in [-0.2, 0) is 38.4 Å². The maximum atomic E-state index is 12.5. The van der Waals surface area contributed by atoms with Crippen molar-refractivity contribution in [3.63, 3.8) is 0 Å². The van der Waals surface area contributed by atoms with Gasteiger partial charge in [-0.15, -0.1) is 23.5 Å². The van der Waals surface area contributed by atoms with Crippen molar-refractivity contribution in [2.24, 2.45) is 5.73 Å². The van der Waals surface area contributed by atoms with Gasteiger partial charge in [0.15, 0.2) is 7.85 Å². The number of carbonyl (C=O) groups excluding carboxylic acids is 8. The van der Waals surface area contributed by atoms with E-state index in [1.807, 2.05) is 0 Å². The molecule has 0 aliphatic carbocycles. The van der Waals surface area contributed by atoms with Crippen molar-refractivity contribution in [3.05, 3.63) is 0 Å². The fourth-order valence-corrected chi connectivity index (χ4v) is 6.10. The van der Waals surface area contributed by atoms with Crippen LogP contribution in [0.15, 0.2) is 0 Å². The van der Waals surface area contributed by atoms with Gasteiger partial charge in [0.05, 0.1) is 16.8 Å². The number of amides is 7. The molecular formula is C28H47BN6O8S2. The Balaban J connectivity index is 2.26. The quantitative estimate of drug-likeness (QED) is 0.0384. The highest BCUT2D eigenvalue weighted by atomic mass is 32.2. The summed E-state index contributed by atoms with van der Waals surface area (Å²) >= 11 is 2.84. The molecule has 17 heteroatoms. The third-order valence-electron chi connectivity index (χ3n) is 6.82. The number of unbranched alkanes of at least 4 members (excludes halogenated alkanes) is 2. The van der Waals surface area contributed by atoms with Gasteiger partial charge in [-0.1, -0.05) is 6.42 Å². The van der Waals surface area contributed by atoms with Crippen LogP contribution in [0.5, 0.6) is 0 Å². The lowest BCUT2D eigenvalue weighted by atomic mass is 9.97.